The predicted molar refractivity (Wildman–Crippen MR) is 168 cm³/mol. The van der Waals surface area contributed by atoms with Crippen molar-refractivity contribution in [3.05, 3.63) is 146 Å². The van der Waals surface area contributed by atoms with Gasteiger partial charge in [-0.2, -0.15) is 0 Å². The molecule has 2 nitrogen and oxygen atoms in total. The molecule has 0 amide bonds. The third kappa shape index (κ3) is 3.73. The summed E-state index contributed by atoms with van der Waals surface area (Å²) in [6, 6.07) is 51.5. The van der Waals surface area contributed by atoms with Crippen molar-refractivity contribution in [2.45, 2.75) is 0 Å². The standard InChI is InChI=1S/C38H24N2/c1-2-9-26(10-3-1)35-22-18-27-15-16-28-19-23-36(40-38(28)37(27)39-35)34-21-20-31(32-12-6-7-13-33(32)34)30-17-14-25-8-4-5-11-29(25)24-30/h1-24H. The molecule has 6 aromatic carbocycles. The minimum absolute atomic E-state index is 0.926. The Hall–Kier alpha value is -5.34. The van der Waals surface area contributed by atoms with E-state index in [-0.39, 0.29) is 0 Å². The van der Waals surface area contributed by atoms with Gasteiger partial charge in [-0.25, -0.2) is 9.97 Å². The molecule has 0 aliphatic rings. The second-order valence-corrected chi connectivity index (χ2v) is 10.2. The normalized spacial score (nSPS) is 11.5. The van der Waals surface area contributed by atoms with E-state index in [1.165, 1.54) is 32.7 Å². The number of hydrogen-bond acceptors (Lipinski definition) is 2. The molecule has 8 aromatic rings. The van der Waals surface area contributed by atoms with Gasteiger partial charge < -0.3 is 0 Å². The molecule has 0 radical (unpaired) electrons. The van der Waals surface area contributed by atoms with Gasteiger partial charge in [-0.15, -0.1) is 0 Å². The second-order valence-electron chi connectivity index (χ2n) is 10.2. The molecule has 0 spiro atoms. The Labute approximate surface area is 232 Å². The van der Waals surface area contributed by atoms with Gasteiger partial charge in [0.15, 0.2) is 0 Å². The molecule has 0 aliphatic heterocycles. The zero-order valence-electron chi connectivity index (χ0n) is 21.8. The number of fused-ring (bicyclic) bond motifs is 5. The summed E-state index contributed by atoms with van der Waals surface area (Å²) in [7, 11) is 0. The fraction of sp³-hybridized carbons (Fsp3) is 0. The Bertz CT molecular complexity index is 2210. The van der Waals surface area contributed by atoms with Crippen molar-refractivity contribution in [2.75, 3.05) is 0 Å². The summed E-state index contributed by atoms with van der Waals surface area (Å²) in [6.45, 7) is 0. The number of pyridine rings is 2. The molecule has 0 aliphatic carbocycles. The first-order valence-electron chi connectivity index (χ1n) is 13.6. The third-order valence-electron chi connectivity index (χ3n) is 7.85. The smallest absolute Gasteiger partial charge is 0.0972 e. The Kier molecular flexibility index (Phi) is 5.17. The van der Waals surface area contributed by atoms with Crippen LogP contribution in [0.4, 0.5) is 0 Å². The van der Waals surface area contributed by atoms with Crippen LogP contribution in [-0.4, -0.2) is 9.97 Å². The van der Waals surface area contributed by atoms with Crippen LogP contribution >= 0.6 is 0 Å². The Morgan fingerprint density at radius 2 is 0.875 bits per heavy atom. The number of benzene rings is 6. The second kappa shape index (κ2) is 9.14. The van der Waals surface area contributed by atoms with Gasteiger partial charge in [-0.3, -0.25) is 0 Å². The van der Waals surface area contributed by atoms with Crippen LogP contribution in [0.5, 0.6) is 0 Å². The highest BCUT2D eigenvalue weighted by atomic mass is 14.8. The molecule has 0 bridgehead atoms. The van der Waals surface area contributed by atoms with E-state index in [1.54, 1.807) is 0 Å². The molecular formula is C38H24N2. The van der Waals surface area contributed by atoms with Gasteiger partial charge in [0.1, 0.15) is 0 Å². The lowest BCUT2D eigenvalue weighted by Crippen LogP contribution is -1.92. The summed E-state index contributed by atoms with van der Waals surface area (Å²) in [5.74, 6) is 0. The van der Waals surface area contributed by atoms with Crippen molar-refractivity contribution in [3.8, 4) is 33.6 Å². The molecule has 8 rings (SSSR count). The van der Waals surface area contributed by atoms with Crippen LogP contribution in [-0.2, 0) is 0 Å². The molecule has 40 heavy (non-hydrogen) atoms. The highest BCUT2D eigenvalue weighted by Crippen LogP contribution is 2.37. The molecule has 0 saturated heterocycles. The summed E-state index contributed by atoms with van der Waals surface area (Å²) < 4.78 is 0. The van der Waals surface area contributed by atoms with Gasteiger partial charge in [-0.1, -0.05) is 127 Å². The molecule has 0 saturated carbocycles. The van der Waals surface area contributed by atoms with Crippen LogP contribution < -0.4 is 0 Å². The van der Waals surface area contributed by atoms with Crippen LogP contribution in [0, 0.1) is 0 Å². The van der Waals surface area contributed by atoms with Crippen molar-refractivity contribution in [3.63, 3.8) is 0 Å². The predicted octanol–water partition coefficient (Wildman–Crippen LogP) is 10.1. The lowest BCUT2D eigenvalue weighted by molar-refractivity contribution is 1.37. The summed E-state index contributed by atoms with van der Waals surface area (Å²) in [5.41, 5.74) is 8.44. The number of aromatic nitrogens is 2. The topological polar surface area (TPSA) is 25.8 Å². The van der Waals surface area contributed by atoms with Gasteiger partial charge in [0, 0.05) is 21.9 Å². The molecule has 2 aromatic heterocycles. The average Bonchev–Trinajstić information content (AvgIpc) is 3.04. The molecule has 0 atom stereocenters. The maximum absolute atomic E-state index is 5.24. The van der Waals surface area contributed by atoms with Crippen molar-refractivity contribution in [1.29, 1.82) is 0 Å². The first-order valence-corrected chi connectivity index (χ1v) is 13.6. The molecular weight excluding hydrogens is 484 g/mol. The van der Waals surface area contributed by atoms with Crippen LogP contribution in [0.2, 0.25) is 0 Å². The molecule has 186 valence electrons. The number of hydrogen-bond donors (Lipinski definition) is 0. The van der Waals surface area contributed by atoms with Crippen molar-refractivity contribution < 1.29 is 0 Å². The molecule has 2 heterocycles. The monoisotopic (exact) mass is 508 g/mol. The quantitative estimate of drug-likeness (QED) is 0.222. The largest absolute Gasteiger partial charge is 0.245 e. The molecule has 0 fully saturated rings. The molecule has 2 heteroatoms. The summed E-state index contributed by atoms with van der Waals surface area (Å²) >= 11 is 0. The Balaban J connectivity index is 1.31. The van der Waals surface area contributed by atoms with E-state index < -0.39 is 0 Å². The SMILES string of the molecule is c1ccc(-c2ccc3ccc4ccc(-c5ccc(-c6ccc7ccccc7c6)c6ccccc56)nc4c3n2)cc1. The van der Waals surface area contributed by atoms with E-state index in [2.05, 4.69) is 127 Å². The zero-order valence-corrected chi connectivity index (χ0v) is 21.8. The summed E-state index contributed by atoms with van der Waals surface area (Å²) in [6.07, 6.45) is 0. The zero-order chi connectivity index (χ0) is 26.5. The lowest BCUT2D eigenvalue weighted by atomic mass is 9.92. The third-order valence-corrected chi connectivity index (χ3v) is 7.85. The van der Waals surface area contributed by atoms with E-state index in [9.17, 15) is 0 Å². The van der Waals surface area contributed by atoms with E-state index in [0.29, 0.717) is 0 Å². The van der Waals surface area contributed by atoms with Crippen LogP contribution in [0.1, 0.15) is 0 Å². The van der Waals surface area contributed by atoms with E-state index in [1.807, 2.05) is 18.2 Å². The number of nitrogens with zero attached hydrogens (tertiary/aromatic N) is 2. The minimum atomic E-state index is 0.926. The summed E-state index contributed by atoms with van der Waals surface area (Å²) in [5, 5.41) is 7.10. The van der Waals surface area contributed by atoms with E-state index >= 15 is 0 Å². The minimum Gasteiger partial charge on any atom is -0.245 e. The van der Waals surface area contributed by atoms with Crippen LogP contribution in [0.25, 0.3) is 77.0 Å². The highest BCUT2D eigenvalue weighted by Gasteiger charge is 2.13. The van der Waals surface area contributed by atoms with Gasteiger partial charge in [0.25, 0.3) is 0 Å². The fourth-order valence-electron chi connectivity index (χ4n) is 5.82. The van der Waals surface area contributed by atoms with Gasteiger partial charge in [0.05, 0.1) is 22.4 Å². The van der Waals surface area contributed by atoms with E-state index in [0.717, 1.165) is 44.3 Å². The van der Waals surface area contributed by atoms with Gasteiger partial charge in [-0.05, 0) is 50.9 Å². The molecule has 0 unspecified atom stereocenters. The summed E-state index contributed by atoms with van der Waals surface area (Å²) in [4.78, 5) is 10.3. The first-order chi connectivity index (χ1) is 19.8. The van der Waals surface area contributed by atoms with Crippen LogP contribution in [0.15, 0.2) is 146 Å². The Morgan fingerprint density at radius 1 is 0.325 bits per heavy atom. The van der Waals surface area contributed by atoms with Crippen LogP contribution in [0.3, 0.4) is 0 Å². The fourth-order valence-corrected chi connectivity index (χ4v) is 5.82. The maximum atomic E-state index is 5.24. The van der Waals surface area contributed by atoms with Gasteiger partial charge >= 0.3 is 0 Å². The highest BCUT2D eigenvalue weighted by molar-refractivity contribution is 6.08. The Morgan fingerprint density at radius 3 is 1.65 bits per heavy atom. The van der Waals surface area contributed by atoms with Crippen molar-refractivity contribution >= 4 is 43.4 Å². The molecule has 0 N–H and O–H groups in total. The van der Waals surface area contributed by atoms with Gasteiger partial charge in [0.2, 0.25) is 0 Å². The van der Waals surface area contributed by atoms with Crippen molar-refractivity contribution in [2.24, 2.45) is 0 Å². The van der Waals surface area contributed by atoms with E-state index in [4.69, 9.17) is 9.97 Å². The lowest BCUT2D eigenvalue weighted by Gasteiger charge is -2.13. The first kappa shape index (κ1) is 22.6. The van der Waals surface area contributed by atoms with Crippen molar-refractivity contribution in [1.82, 2.24) is 9.97 Å². The number of rotatable bonds is 3. The average molecular weight is 509 g/mol. The maximum Gasteiger partial charge on any atom is 0.0972 e.